The summed E-state index contributed by atoms with van der Waals surface area (Å²) < 4.78 is 0. The van der Waals surface area contributed by atoms with E-state index in [4.69, 9.17) is 0 Å². The molecule has 1 aliphatic heterocycles. The normalized spacial score (nSPS) is 24.3. The van der Waals surface area contributed by atoms with Gasteiger partial charge in [0, 0.05) is 11.2 Å². The fraction of sp³-hybridized carbons (Fsp3) is 0.917. The number of carbonyl (C=O) groups excluding carboxylic acids is 1. The molecule has 0 unspecified atom stereocenters. The molecule has 0 saturated carbocycles. The van der Waals surface area contributed by atoms with Crippen LogP contribution in [-0.4, -0.2) is 29.3 Å². The molecule has 14 heavy (non-hydrogen) atoms. The largest absolute Gasteiger partial charge is 0.298 e. The van der Waals surface area contributed by atoms with Crippen LogP contribution in [0, 0.1) is 5.41 Å². The number of Topliss-reactive ketones (excluding diaryl/α,β-unsaturated/α-hetero) is 1. The lowest BCUT2D eigenvalue weighted by Crippen LogP contribution is -2.29. The molecule has 0 aromatic rings. The third kappa shape index (κ3) is 3.30. The van der Waals surface area contributed by atoms with Crippen LogP contribution in [0.5, 0.6) is 0 Å². The highest BCUT2D eigenvalue weighted by atomic mass is 32.3. The lowest BCUT2D eigenvalue weighted by atomic mass is 9.92. The van der Waals surface area contributed by atoms with Crippen LogP contribution in [0.2, 0.25) is 0 Å². The van der Waals surface area contributed by atoms with Crippen molar-refractivity contribution in [3.05, 3.63) is 0 Å². The van der Waals surface area contributed by atoms with E-state index in [9.17, 15) is 4.79 Å². The Hall–Kier alpha value is 0.0200. The molecule has 1 aliphatic rings. The van der Waals surface area contributed by atoms with Gasteiger partial charge in [0.1, 0.15) is 5.78 Å². The first-order valence-electron chi connectivity index (χ1n) is 5.58. The van der Waals surface area contributed by atoms with Gasteiger partial charge in [0.2, 0.25) is 0 Å². The molecular formula is C12H24OS. The zero-order valence-electron chi connectivity index (χ0n) is 10.1. The van der Waals surface area contributed by atoms with E-state index in [2.05, 4.69) is 6.26 Å². The first-order valence-corrected chi connectivity index (χ1v) is 8.13. The number of hydrogen-bond donors (Lipinski definition) is 0. The minimum atomic E-state index is -0.572. The predicted molar refractivity (Wildman–Crippen MR) is 66.4 cm³/mol. The van der Waals surface area contributed by atoms with Gasteiger partial charge in [0.05, 0.1) is 0 Å². The minimum Gasteiger partial charge on any atom is -0.298 e. The highest BCUT2D eigenvalue weighted by Gasteiger charge is 2.29. The first kappa shape index (κ1) is 12.1. The molecule has 0 spiro atoms. The zero-order valence-corrected chi connectivity index (χ0v) is 10.9. The van der Waals surface area contributed by atoms with E-state index in [1.807, 2.05) is 20.8 Å². The van der Waals surface area contributed by atoms with Crippen LogP contribution in [0.3, 0.4) is 0 Å². The van der Waals surface area contributed by atoms with Crippen LogP contribution in [0.15, 0.2) is 0 Å². The SMILES string of the molecule is CC(C)(C)C(=O)CS1(C)CCCCC1. The van der Waals surface area contributed by atoms with Crippen molar-refractivity contribution in [1.82, 2.24) is 0 Å². The summed E-state index contributed by atoms with van der Waals surface area (Å²) in [4.78, 5) is 12.0. The van der Waals surface area contributed by atoms with Crippen molar-refractivity contribution in [2.24, 2.45) is 5.41 Å². The molecule has 0 atom stereocenters. The van der Waals surface area contributed by atoms with Gasteiger partial charge in [-0.15, -0.1) is 0 Å². The van der Waals surface area contributed by atoms with Crippen molar-refractivity contribution >= 4 is 15.8 Å². The second kappa shape index (κ2) is 4.26. The quantitative estimate of drug-likeness (QED) is 0.692. The third-order valence-electron chi connectivity index (χ3n) is 3.09. The molecule has 1 heterocycles. The Morgan fingerprint density at radius 3 is 2.07 bits per heavy atom. The molecule has 0 N–H and O–H groups in total. The van der Waals surface area contributed by atoms with Crippen molar-refractivity contribution in [2.45, 2.75) is 40.0 Å². The summed E-state index contributed by atoms with van der Waals surface area (Å²) in [7, 11) is -0.572. The van der Waals surface area contributed by atoms with E-state index in [-0.39, 0.29) is 5.41 Å². The summed E-state index contributed by atoms with van der Waals surface area (Å²) in [5.74, 6) is 4.00. The molecule has 0 aromatic heterocycles. The van der Waals surface area contributed by atoms with E-state index in [1.165, 1.54) is 30.8 Å². The fourth-order valence-electron chi connectivity index (χ4n) is 1.86. The maximum atomic E-state index is 12.0. The summed E-state index contributed by atoms with van der Waals surface area (Å²) in [6.07, 6.45) is 6.45. The summed E-state index contributed by atoms with van der Waals surface area (Å²) >= 11 is 0. The Morgan fingerprint density at radius 2 is 1.64 bits per heavy atom. The van der Waals surface area contributed by atoms with Crippen LogP contribution in [0.25, 0.3) is 0 Å². The third-order valence-corrected chi connectivity index (χ3v) is 6.60. The molecule has 2 heteroatoms. The Balaban J connectivity index is 2.54. The van der Waals surface area contributed by atoms with Gasteiger partial charge in [0.15, 0.2) is 0 Å². The summed E-state index contributed by atoms with van der Waals surface area (Å²) in [6, 6.07) is 0. The van der Waals surface area contributed by atoms with E-state index in [0.29, 0.717) is 5.78 Å². The average molecular weight is 216 g/mol. The number of ketones is 1. The fourth-order valence-corrected chi connectivity index (χ4v) is 5.22. The Kier molecular flexibility index (Phi) is 3.68. The number of rotatable bonds is 2. The molecule has 0 radical (unpaired) electrons. The maximum Gasteiger partial charge on any atom is 0.146 e. The average Bonchev–Trinajstić information content (AvgIpc) is 2.02. The van der Waals surface area contributed by atoms with Gasteiger partial charge >= 0.3 is 0 Å². The van der Waals surface area contributed by atoms with Gasteiger partial charge in [-0.25, -0.2) is 10.0 Å². The molecule has 1 saturated heterocycles. The molecule has 1 rings (SSSR count). The monoisotopic (exact) mass is 216 g/mol. The molecule has 0 aromatic carbocycles. The molecule has 0 bridgehead atoms. The molecule has 1 nitrogen and oxygen atoms in total. The van der Waals surface area contributed by atoms with Crippen LogP contribution >= 0.6 is 10.0 Å². The van der Waals surface area contributed by atoms with Crippen molar-refractivity contribution in [3.8, 4) is 0 Å². The van der Waals surface area contributed by atoms with Gasteiger partial charge in [-0.05, 0) is 30.6 Å². The van der Waals surface area contributed by atoms with Crippen molar-refractivity contribution in [1.29, 1.82) is 0 Å². The highest BCUT2D eigenvalue weighted by molar-refractivity contribution is 8.33. The van der Waals surface area contributed by atoms with E-state index in [0.717, 1.165) is 5.75 Å². The molecular weight excluding hydrogens is 192 g/mol. The lowest BCUT2D eigenvalue weighted by Gasteiger charge is -2.40. The van der Waals surface area contributed by atoms with Gasteiger partial charge < -0.3 is 0 Å². The zero-order chi connectivity index (χ0) is 10.8. The molecule has 0 aliphatic carbocycles. The van der Waals surface area contributed by atoms with E-state index >= 15 is 0 Å². The molecule has 1 fully saturated rings. The van der Waals surface area contributed by atoms with Gasteiger partial charge in [-0.2, -0.15) is 0 Å². The van der Waals surface area contributed by atoms with Crippen LogP contribution < -0.4 is 0 Å². The highest BCUT2D eigenvalue weighted by Crippen LogP contribution is 2.49. The Labute approximate surface area is 90.0 Å². The van der Waals surface area contributed by atoms with Crippen molar-refractivity contribution in [2.75, 3.05) is 23.5 Å². The predicted octanol–water partition coefficient (Wildman–Crippen LogP) is 3.22. The molecule has 84 valence electrons. The van der Waals surface area contributed by atoms with Crippen molar-refractivity contribution in [3.63, 3.8) is 0 Å². The smallest absolute Gasteiger partial charge is 0.146 e. The second-order valence-electron chi connectivity index (χ2n) is 5.76. The Bertz CT molecular complexity index is 209. The van der Waals surface area contributed by atoms with E-state index in [1.54, 1.807) is 0 Å². The summed E-state index contributed by atoms with van der Waals surface area (Å²) in [5, 5.41) is 0. The van der Waals surface area contributed by atoms with Gasteiger partial charge in [0.25, 0.3) is 0 Å². The number of carbonyl (C=O) groups is 1. The standard InChI is InChI=1S/C12H24OS/c1-12(2,3)11(13)10-14(4)8-6-5-7-9-14/h5-10H2,1-4H3. The maximum absolute atomic E-state index is 12.0. The van der Waals surface area contributed by atoms with Crippen molar-refractivity contribution < 1.29 is 4.79 Å². The van der Waals surface area contributed by atoms with Gasteiger partial charge in [-0.3, -0.25) is 4.79 Å². The molecule has 0 amide bonds. The minimum absolute atomic E-state index is 0.131. The lowest BCUT2D eigenvalue weighted by molar-refractivity contribution is -0.123. The number of hydrogen-bond acceptors (Lipinski definition) is 1. The summed E-state index contributed by atoms with van der Waals surface area (Å²) in [5.41, 5.74) is -0.131. The van der Waals surface area contributed by atoms with Crippen LogP contribution in [0.4, 0.5) is 0 Å². The Morgan fingerprint density at radius 1 is 1.14 bits per heavy atom. The first-order chi connectivity index (χ1) is 6.33. The second-order valence-corrected chi connectivity index (χ2v) is 9.83. The van der Waals surface area contributed by atoms with Gasteiger partial charge in [-0.1, -0.05) is 27.2 Å². The van der Waals surface area contributed by atoms with Crippen LogP contribution in [0.1, 0.15) is 40.0 Å². The van der Waals surface area contributed by atoms with E-state index < -0.39 is 10.0 Å². The summed E-state index contributed by atoms with van der Waals surface area (Å²) in [6.45, 7) is 6.13. The topological polar surface area (TPSA) is 17.1 Å². The van der Waals surface area contributed by atoms with Crippen LogP contribution in [-0.2, 0) is 4.79 Å².